The van der Waals surface area contributed by atoms with Crippen LogP contribution in [0, 0.1) is 11.8 Å². The van der Waals surface area contributed by atoms with Crippen LogP contribution >= 0.6 is 0 Å². The Balaban J connectivity index is 2.30. The van der Waals surface area contributed by atoms with Gasteiger partial charge in [-0.25, -0.2) is 13.1 Å². The van der Waals surface area contributed by atoms with Crippen LogP contribution in [0.25, 0.3) is 0 Å². The van der Waals surface area contributed by atoms with Gasteiger partial charge in [0.1, 0.15) is 0 Å². The molecule has 1 fully saturated rings. The molecule has 0 heterocycles. The van der Waals surface area contributed by atoms with Crippen molar-refractivity contribution in [2.24, 2.45) is 11.8 Å². The summed E-state index contributed by atoms with van der Waals surface area (Å²) in [7, 11) is -3.39. The number of aliphatic hydroxyl groups is 1. The van der Waals surface area contributed by atoms with Crippen molar-refractivity contribution in [3.63, 3.8) is 0 Å². The summed E-state index contributed by atoms with van der Waals surface area (Å²) in [6.07, 6.45) is 2.89. The van der Waals surface area contributed by atoms with Gasteiger partial charge in [-0.1, -0.05) is 6.42 Å². The van der Waals surface area contributed by atoms with Crippen LogP contribution in [0.1, 0.15) is 32.1 Å². The Kier molecular flexibility index (Phi) is 6.04. The predicted octanol–water partition coefficient (Wildman–Crippen LogP) is 0.179. The number of rotatable bonds is 8. The summed E-state index contributed by atoms with van der Waals surface area (Å²) < 4.78 is 25.7. The quantitative estimate of drug-likeness (QED) is 0.588. The lowest BCUT2D eigenvalue weighted by atomic mass is 9.97. The number of hydrogen-bond acceptors (Lipinski definition) is 4. The third kappa shape index (κ3) is 5.32. The molecule has 0 bridgehead atoms. The minimum atomic E-state index is -3.39. The number of aliphatic hydroxyl groups excluding tert-OH is 1. The zero-order chi connectivity index (χ0) is 13.6. The number of carboxylic acids is 1. The largest absolute Gasteiger partial charge is 0.481 e. The molecule has 0 amide bonds. The van der Waals surface area contributed by atoms with Gasteiger partial charge < -0.3 is 10.2 Å². The third-order valence-electron chi connectivity index (χ3n) is 3.42. The fourth-order valence-electron chi connectivity index (χ4n) is 2.34. The van der Waals surface area contributed by atoms with Crippen molar-refractivity contribution in [1.29, 1.82) is 0 Å². The van der Waals surface area contributed by atoms with Gasteiger partial charge >= 0.3 is 5.97 Å². The van der Waals surface area contributed by atoms with E-state index in [1.54, 1.807) is 0 Å². The van der Waals surface area contributed by atoms with Crippen LogP contribution in [0.5, 0.6) is 0 Å². The predicted molar refractivity (Wildman–Crippen MR) is 66.6 cm³/mol. The van der Waals surface area contributed by atoms with E-state index in [-0.39, 0.29) is 37.0 Å². The molecule has 7 heteroatoms. The molecule has 1 saturated carbocycles. The molecule has 2 unspecified atom stereocenters. The molecule has 0 saturated heterocycles. The first kappa shape index (κ1) is 15.4. The van der Waals surface area contributed by atoms with Crippen LogP contribution in [-0.2, 0) is 14.8 Å². The maximum Gasteiger partial charge on any atom is 0.303 e. The summed E-state index contributed by atoms with van der Waals surface area (Å²) in [5.74, 6) is -0.757. The number of nitrogens with one attached hydrogen (secondary N) is 1. The van der Waals surface area contributed by atoms with Crippen molar-refractivity contribution in [2.45, 2.75) is 32.1 Å². The standard InChI is InChI=1S/C11H21NO5S/c13-8-10-4-1-3-9(10)7-12-18(16,17)6-2-5-11(14)15/h9-10,12-13H,1-8H2,(H,14,15). The maximum absolute atomic E-state index is 11.6. The SMILES string of the molecule is O=C(O)CCCS(=O)(=O)NCC1CCCC1CO. The van der Waals surface area contributed by atoms with Crippen molar-refractivity contribution in [1.82, 2.24) is 4.72 Å². The van der Waals surface area contributed by atoms with Gasteiger partial charge in [-0.05, 0) is 31.1 Å². The smallest absolute Gasteiger partial charge is 0.303 e. The summed E-state index contributed by atoms with van der Waals surface area (Å²) in [6, 6.07) is 0. The van der Waals surface area contributed by atoms with Crippen molar-refractivity contribution in [3.05, 3.63) is 0 Å². The summed E-state index contributed by atoms with van der Waals surface area (Å²) in [6.45, 7) is 0.450. The Morgan fingerprint density at radius 2 is 1.94 bits per heavy atom. The summed E-state index contributed by atoms with van der Waals surface area (Å²) >= 11 is 0. The normalized spacial score (nSPS) is 24.3. The molecule has 0 aromatic heterocycles. The van der Waals surface area contributed by atoms with Crippen LogP contribution in [0.3, 0.4) is 0 Å². The molecule has 1 rings (SSSR count). The number of carbonyl (C=O) groups is 1. The van der Waals surface area contributed by atoms with Gasteiger partial charge in [0.2, 0.25) is 10.0 Å². The monoisotopic (exact) mass is 279 g/mol. The molecule has 2 atom stereocenters. The van der Waals surface area contributed by atoms with Crippen LogP contribution in [0.15, 0.2) is 0 Å². The first-order chi connectivity index (χ1) is 8.44. The highest BCUT2D eigenvalue weighted by Crippen LogP contribution is 2.30. The lowest BCUT2D eigenvalue weighted by molar-refractivity contribution is -0.137. The van der Waals surface area contributed by atoms with E-state index in [4.69, 9.17) is 10.2 Å². The zero-order valence-corrected chi connectivity index (χ0v) is 11.2. The Hall–Kier alpha value is -0.660. The number of hydrogen-bond donors (Lipinski definition) is 3. The molecular formula is C11H21NO5S. The lowest BCUT2D eigenvalue weighted by Crippen LogP contribution is -2.33. The average Bonchev–Trinajstić information content (AvgIpc) is 2.73. The zero-order valence-electron chi connectivity index (χ0n) is 10.3. The number of sulfonamides is 1. The second kappa shape index (κ2) is 7.06. The molecule has 0 radical (unpaired) electrons. The summed E-state index contributed by atoms with van der Waals surface area (Å²) in [4.78, 5) is 10.3. The van der Waals surface area contributed by atoms with Crippen LogP contribution in [0.2, 0.25) is 0 Å². The van der Waals surface area contributed by atoms with Crippen molar-refractivity contribution in [2.75, 3.05) is 18.9 Å². The van der Waals surface area contributed by atoms with E-state index in [1.807, 2.05) is 0 Å². The van der Waals surface area contributed by atoms with Gasteiger partial charge in [0, 0.05) is 19.6 Å². The van der Waals surface area contributed by atoms with Crippen LogP contribution in [-0.4, -0.2) is 43.5 Å². The molecule has 0 aromatic carbocycles. The molecule has 1 aliphatic rings. The molecule has 3 N–H and O–H groups in total. The van der Waals surface area contributed by atoms with E-state index in [2.05, 4.69) is 4.72 Å². The topological polar surface area (TPSA) is 104 Å². The van der Waals surface area contributed by atoms with E-state index < -0.39 is 16.0 Å². The van der Waals surface area contributed by atoms with Crippen molar-refractivity contribution in [3.8, 4) is 0 Å². The number of aliphatic carboxylic acids is 1. The van der Waals surface area contributed by atoms with E-state index in [9.17, 15) is 13.2 Å². The Bertz CT molecular complexity index is 368. The van der Waals surface area contributed by atoms with Gasteiger partial charge in [-0.15, -0.1) is 0 Å². The van der Waals surface area contributed by atoms with Crippen molar-refractivity contribution < 1.29 is 23.4 Å². The molecular weight excluding hydrogens is 258 g/mol. The van der Waals surface area contributed by atoms with Gasteiger partial charge in [0.15, 0.2) is 0 Å². The molecule has 106 valence electrons. The van der Waals surface area contributed by atoms with Crippen molar-refractivity contribution >= 4 is 16.0 Å². The van der Waals surface area contributed by atoms with E-state index in [0.717, 1.165) is 19.3 Å². The Morgan fingerprint density at radius 1 is 1.28 bits per heavy atom. The molecule has 0 aliphatic heterocycles. The highest BCUT2D eigenvalue weighted by Gasteiger charge is 2.27. The minimum Gasteiger partial charge on any atom is -0.481 e. The molecule has 0 aromatic rings. The number of carboxylic acid groups (broad SMARTS) is 1. The fraction of sp³-hybridized carbons (Fsp3) is 0.909. The highest BCUT2D eigenvalue weighted by molar-refractivity contribution is 7.89. The first-order valence-electron chi connectivity index (χ1n) is 6.24. The molecule has 0 spiro atoms. The second-order valence-electron chi connectivity index (χ2n) is 4.80. The molecule has 18 heavy (non-hydrogen) atoms. The van der Waals surface area contributed by atoms with Crippen LogP contribution < -0.4 is 4.72 Å². The van der Waals surface area contributed by atoms with E-state index in [1.165, 1.54) is 0 Å². The minimum absolute atomic E-state index is 0.103. The van der Waals surface area contributed by atoms with Gasteiger partial charge in [-0.2, -0.15) is 0 Å². The fourth-order valence-corrected chi connectivity index (χ4v) is 3.48. The lowest BCUT2D eigenvalue weighted by Gasteiger charge is -2.17. The Labute approximate surface area is 107 Å². The first-order valence-corrected chi connectivity index (χ1v) is 7.90. The Morgan fingerprint density at radius 3 is 2.56 bits per heavy atom. The summed E-state index contributed by atoms with van der Waals surface area (Å²) in [5.41, 5.74) is 0. The average molecular weight is 279 g/mol. The van der Waals surface area contributed by atoms with Crippen LogP contribution in [0.4, 0.5) is 0 Å². The van der Waals surface area contributed by atoms with Gasteiger partial charge in [0.25, 0.3) is 0 Å². The second-order valence-corrected chi connectivity index (χ2v) is 6.72. The molecule has 1 aliphatic carbocycles. The third-order valence-corrected chi connectivity index (χ3v) is 4.85. The van der Waals surface area contributed by atoms with E-state index >= 15 is 0 Å². The van der Waals surface area contributed by atoms with E-state index in [0.29, 0.717) is 6.54 Å². The molecule has 6 nitrogen and oxygen atoms in total. The van der Waals surface area contributed by atoms with Gasteiger partial charge in [0.05, 0.1) is 5.75 Å². The van der Waals surface area contributed by atoms with Gasteiger partial charge in [-0.3, -0.25) is 4.79 Å². The highest BCUT2D eigenvalue weighted by atomic mass is 32.2. The summed E-state index contributed by atoms with van der Waals surface area (Å²) in [5, 5.41) is 17.6. The maximum atomic E-state index is 11.6.